The van der Waals surface area contributed by atoms with Crippen molar-refractivity contribution in [1.82, 2.24) is 4.98 Å². The second-order valence-electron chi connectivity index (χ2n) is 4.99. The van der Waals surface area contributed by atoms with Crippen LogP contribution in [0.4, 0.5) is 5.82 Å². The molecule has 0 aromatic carbocycles. The van der Waals surface area contributed by atoms with E-state index in [-0.39, 0.29) is 5.91 Å². The summed E-state index contributed by atoms with van der Waals surface area (Å²) in [5.74, 6) is -1.61. The van der Waals surface area contributed by atoms with Gasteiger partial charge in [0.25, 0.3) is 0 Å². The highest BCUT2D eigenvalue weighted by Gasteiger charge is 2.35. The summed E-state index contributed by atoms with van der Waals surface area (Å²) < 4.78 is 0. The number of aryl methyl sites for hydroxylation is 1. The summed E-state index contributed by atoms with van der Waals surface area (Å²) in [4.78, 5) is 27.5. The second kappa shape index (κ2) is 5.82. The van der Waals surface area contributed by atoms with Gasteiger partial charge in [-0.05, 0) is 31.4 Å². The van der Waals surface area contributed by atoms with Crippen molar-refractivity contribution in [3.8, 4) is 0 Å². The molecule has 2 N–H and O–H groups in total. The molecule has 0 unspecified atom stereocenters. The predicted octanol–water partition coefficient (Wildman–Crippen LogP) is 2.22. The zero-order valence-electron chi connectivity index (χ0n) is 10.9. The van der Waals surface area contributed by atoms with Crippen molar-refractivity contribution in [3.05, 3.63) is 23.9 Å². The van der Waals surface area contributed by atoms with E-state index in [2.05, 4.69) is 10.3 Å². The number of aromatic nitrogens is 1. The molecule has 19 heavy (non-hydrogen) atoms. The van der Waals surface area contributed by atoms with Crippen molar-refractivity contribution in [3.63, 3.8) is 0 Å². The van der Waals surface area contributed by atoms with E-state index in [9.17, 15) is 14.7 Å². The molecule has 1 aromatic heterocycles. The molecule has 5 heteroatoms. The van der Waals surface area contributed by atoms with Crippen molar-refractivity contribution < 1.29 is 14.7 Å². The Balaban J connectivity index is 2.10. The zero-order valence-corrected chi connectivity index (χ0v) is 10.9. The molecule has 1 saturated carbocycles. The molecular weight excluding hydrogens is 244 g/mol. The Hall–Kier alpha value is -1.91. The van der Waals surface area contributed by atoms with E-state index < -0.39 is 17.8 Å². The molecule has 0 bridgehead atoms. The average molecular weight is 262 g/mol. The Bertz CT molecular complexity index is 487. The molecule has 2 atom stereocenters. The van der Waals surface area contributed by atoms with Gasteiger partial charge in [-0.15, -0.1) is 0 Å². The molecule has 5 nitrogen and oxygen atoms in total. The number of hydrogen-bond donors (Lipinski definition) is 2. The van der Waals surface area contributed by atoms with Crippen LogP contribution in [0.3, 0.4) is 0 Å². The number of aliphatic carboxylic acids is 1. The van der Waals surface area contributed by atoms with Crippen LogP contribution >= 0.6 is 0 Å². The van der Waals surface area contributed by atoms with Gasteiger partial charge in [0.2, 0.25) is 5.91 Å². The average Bonchev–Trinajstić information content (AvgIpc) is 2.41. The molecule has 1 heterocycles. The van der Waals surface area contributed by atoms with E-state index in [1.807, 2.05) is 13.0 Å². The topological polar surface area (TPSA) is 79.3 Å². The Morgan fingerprint density at radius 2 is 2.00 bits per heavy atom. The molecule has 0 saturated heterocycles. The fourth-order valence-electron chi connectivity index (χ4n) is 2.57. The number of carbonyl (C=O) groups excluding carboxylic acids is 1. The fraction of sp³-hybridized carbons (Fsp3) is 0.500. The summed E-state index contributed by atoms with van der Waals surface area (Å²) >= 11 is 0. The molecule has 1 aromatic rings. The van der Waals surface area contributed by atoms with Gasteiger partial charge in [-0.25, -0.2) is 4.98 Å². The maximum Gasteiger partial charge on any atom is 0.307 e. The van der Waals surface area contributed by atoms with Crippen LogP contribution in [0.5, 0.6) is 0 Å². The summed E-state index contributed by atoms with van der Waals surface area (Å²) in [6.45, 7) is 1.86. The smallest absolute Gasteiger partial charge is 0.307 e. The highest BCUT2D eigenvalue weighted by molar-refractivity contribution is 5.94. The third-order valence-corrected chi connectivity index (χ3v) is 3.67. The lowest BCUT2D eigenvalue weighted by Gasteiger charge is -2.27. The fourth-order valence-corrected chi connectivity index (χ4v) is 2.57. The van der Waals surface area contributed by atoms with Crippen molar-refractivity contribution in [1.29, 1.82) is 0 Å². The van der Waals surface area contributed by atoms with Gasteiger partial charge in [0.05, 0.1) is 11.8 Å². The lowest BCUT2D eigenvalue weighted by Crippen LogP contribution is -2.36. The Labute approximate surface area is 112 Å². The van der Waals surface area contributed by atoms with Crippen LogP contribution in [-0.4, -0.2) is 22.0 Å². The first-order valence-corrected chi connectivity index (χ1v) is 6.55. The minimum atomic E-state index is -0.877. The maximum atomic E-state index is 12.2. The zero-order chi connectivity index (χ0) is 13.8. The summed E-state index contributed by atoms with van der Waals surface area (Å²) in [7, 11) is 0. The van der Waals surface area contributed by atoms with Gasteiger partial charge >= 0.3 is 5.97 Å². The van der Waals surface area contributed by atoms with E-state index in [4.69, 9.17) is 0 Å². The van der Waals surface area contributed by atoms with Gasteiger partial charge in [0, 0.05) is 6.20 Å². The number of anilines is 1. The lowest BCUT2D eigenvalue weighted by molar-refractivity contribution is -0.147. The van der Waals surface area contributed by atoms with Crippen molar-refractivity contribution >= 4 is 17.7 Å². The van der Waals surface area contributed by atoms with Crippen LogP contribution in [0.15, 0.2) is 18.3 Å². The van der Waals surface area contributed by atoms with Crippen molar-refractivity contribution in [2.75, 3.05) is 5.32 Å². The maximum absolute atomic E-state index is 12.2. The Morgan fingerprint density at radius 3 is 2.63 bits per heavy atom. The van der Waals surface area contributed by atoms with E-state index in [0.29, 0.717) is 18.7 Å². The number of nitrogens with zero attached hydrogens (tertiary/aromatic N) is 1. The molecule has 2 rings (SSSR count). The van der Waals surface area contributed by atoms with E-state index in [0.717, 1.165) is 18.4 Å². The van der Waals surface area contributed by atoms with Gasteiger partial charge in [-0.1, -0.05) is 18.9 Å². The predicted molar refractivity (Wildman–Crippen MR) is 70.7 cm³/mol. The van der Waals surface area contributed by atoms with Crippen molar-refractivity contribution in [2.24, 2.45) is 11.8 Å². The summed E-state index contributed by atoms with van der Waals surface area (Å²) in [6, 6.07) is 3.66. The molecule has 1 aliphatic carbocycles. The minimum absolute atomic E-state index is 0.228. The monoisotopic (exact) mass is 262 g/mol. The summed E-state index contributed by atoms with van der Waals surface area (Å²) in [5.41, 5.74) is 0.874. The van der Waals surface area contributed by atoms with Crippen LogP contribution in [0, 0.1) is 18.8 Å². The van der Waals surface area contributed by atoms with E-state index in [1.165, 1.54) is 0 Å². The quantitative estimate of drug-likeness (QED) is 0.875. The molecule has 1 fully saturated rings. The van der Waals surface area contributed by atoms with Gasteiger partial charge in [-0.2, -0.15) is 0 Å². The number of pyridine rings is 1. The van der Waals surface area contributed by atoms with Gasteiger partial charge in [0.15, 0.2) is 0 Å². The standard InChI is InChI=1S/C14H18N2O3/c1-9-5-4-8-15-12(9)16-13(17)10-6-2-3-7-11(10)14(18)19/h4-5,8,10-11H,2-3,6-7H2,1H3,(H,18,19)(H,15,16,17)/t10-,11-/m1/s1. The van der Waals surface area contributed by atoms with Gasteiger partial charge < -0.3 is 10.4 Å². The number of rotatable bonds is 3. The van der Waals surface area contributed by atoms with Crippen molar-refractivity contribution in [2.45, 2.75) is 32.6 Å². The number of hydrogen-bond acceptors (Lipinski definition) is 3. The van der Waals surface area contributed by atoms with E-state index in [1.54, 1.807) is 12.3 Å². The van der Waals surface area contributed by atoms with Crippen LogP contribution < -0.4 is 5.32 Å². The molecule has 1 amide bonds. The first-order chi connectivity index (χ1) is 9.09. The third kappa shape index (κ3) is 3.10. The van der Waals surface area contributed by atoms with E-state index >= 15 is 0 Å². The lowest BCUT2D eigenvalue weighted by atomic mass is 9.78. The summed E-state index contributed by atoms with van der Waals surface area (Å²) in [6.07, 6.45) is 4.61. The minimum Gasteiger partial charge on any atom is -0.481 e. The Kier molecular flexibility index (Phi) is 4.14. The molecule has 0 aliphatic heterocycles. The highest BCUT2D eigenvalue weighted by atomic mass is 16.4. The SMILES string of the molecule is Cc1cccnc1NC(=O)[C@@H]1CCCC[C@H]1C(=O)O. The van der Waals surface area contributed by atoms with Crippen LogP contribution in [0.2, 0.25) is 0 Å². The molecule has 0 spiro atoms. The highest BCUT2D eigenvalue weighted by Crippen LogP contribution is 2.31. The second-order valence-corrected chi connectivity index (χ2v) is 4.99. The third-order valence-electron chi connectivity index (χ3n) is 3.67. The first kappa shape index (κ1) is 13.5. The summed E-state index contributed by atoms with van der Waals surface area (Å²) in [5, 5.41) is 11.9. The number of carboxylic acid groups (broad SMARTS) is 1. The molecule has 102 valence electrons. The number of carbonyl (C=O) groups is 2. The number of amides is 1. The largest absolute Gasteiger partial charge is 0.481 e. The Morgan fingerprint density at radius 1 is 1.32 bits per heavy atom. The van der Waals surface area contributed by atoms with Crippen LogP contribution in [0.25, 0.3) is 0 Å². The first-order valence-electron chi connectivity index (χ1n) is 6.55. The number of nitrogens with one attached hydrogen (secondary N) is 1. The molecule has 0 radical (unpaired) electrons. The van der Waals surface area contributed by atoms with Crippen LogP contribution in [-0.2, 0) is 9.59 Å². The molecule has 1 aliphatic rings. The molecular formula is C14H18N2O3. The number of carboxylic acids is 1. The van der Waals surface area contributed by atoms with Gasteiger partial charge in [-0.3, -0.25) is 9.59 Å². The van der Waals surface area contributed by atoms with Crippen LogP contribution in [0.1, 0.15) is 31.2 Å². The van der Waals surface area contributed by atoms with Gasteiger partial charge in [0.1, 0.15) is 5.82 Å². The normalized spacial score (nSPS) is 22.8.